The van der Waals surface area contributed by atoms with Gasteiger partial charge in [0.25, 0.3) is 0 Å². The van der Waals surface area contributed by atoms with Crippen LogP contribution >= 0.6 is 0 Å². The minimum absolute atomic E-state index is 0.244. The summed E-state index contributed by atoms with van der Waals surface area (Å²) in [4.78, 5) is 2.30. The van der Waals surface area contributed by atoms with Crippen molar-refractivity contribution in [3.05, 3.63) is 35.4 Å². The number of fused-ring (bicyclic) bond motifs is 1. The molecule has 1 aliphatic rings. The summed E-state index contributed by atoms with van der Waals surface area (Å²) in [5.74, 6) is 0. The first-order chi connectivity index (χ1) is 6.31. The third-order valence-electron chi connectivity index (χ3n) is 2.75. The molecule has 1 aliphatic heterocycles. The van der Waals surface area contributed by atoms with Crippen LogP contribution in [0.3, 0.4) is 0 Å². The summed E-state index contributed by atoms with van der Waals surface area (Å²) in [6, 6.07) is 8.75. The Morgan fingerprint density at radius 2 is 1.85 bits per heavy atom. The normalized spacial score (nSPS) is 18.6. The van der Waals surface area contributed by atoms with Crippen LogP contribution in [-0.4, -0.2) is 22.7 Å². The summed E-state index contributed by atoms with van der Waals surface area (Å²) < 4.78 is 0. The molecule has 1 unspecified atom stereocenters. The fraction of sp³-hybridized carbons (Fsp3) is 0.455. The van der Waals surface area contributed by atoms with Gasteiger partial charge in [0, 0.05) is 19.1 Å². The van der Waals surface area contributed by atoms with E-state index in [4.69, 9.17) is 5.11 Å². The third kappa shape index (κ3) is 1.60. The predicted octanol–water partition coefficient (Wildman–Crippen LogP) is 1.38. The lowest BCUT2D eigenvalue weighted by Crippen LogP contribution is -2.30. The second kappa shape index (κ2) is 3.48. The lowest BCUT2D eigenvalue weighted by molar-refractivity contribution is 0.134. The van der Waals surface area contributed by atoms with Gasteiger partial charge in [-0.05, 0) is 18.1 Å². The van der Waals surface area contributed by atoms with Crippen LogP contribution in [0.2, 0.25) is 0 Å². The first kappa shape index (κ1) is 8.73. The van der Waals surface area contributed by atoms with E-state index in [1.807, 2.05) is 0 Å². The minimum atomic E-state index is 0.244. The summed E-state index contributed by atoms with van der Waals surface area (Å²) in [5, 5.41) is 9.03. The number of benzene rings is 1. The van der Waals surface area contributed by atoms with Gasteiger partial charge < -0.3 is 5.11 Å². The van der Waals surface area contributed by atoms with Crippen molar-refractivity contribution in [2.75, 3.05) is 6.61 Å². The summed E-state index contributed by atoms with van der Waals surface area (Å²) in [6.45, 7) is 4.27. The molecule has 2 rings (SSSR count). The summed E-state index contributed by atoms with van der Waals surface area (Å²) in [5.41, 5.74) is 2.81. The van der Waals surface area contributed by atoms with Gasteiger partial charge in [-0.25, -0.2) is 0 Å². The van der Waals surface area contributed by atoms with Crippen LogP contribution in [0.1, 0.15) is 18.1 Å². The van der Waals surface area contributed by atoms with Crippen LogP contribution < -0.4 is 0 Å². The highest BCUT2D eigenvalue weighted by Gasteiger charge is 2.21. The van der Waals surface area contributed by atoms with Crippen LogP contribution in [0.4, 0.5) is 0 Å². The minimum Gasteiger partial charge on any atom is -0.395 e. The molecule has 2 nitrogen and oxygen atoms in total. The zero-order valence-corrected chi connectivity index (χ0v) is 7.90. The van der Waals surface area contributed by atoms with E-state index in [0.29, 0.717) is 0 Å². The van der Waals surface area contributed by atoms with Crippen LogP contribution in [0.15, 0.2) is 24.3 Å². The SMILES string of the molecule is CC(CO)N1Cc2ccccc2C1. The van der Waals surface area contributed by atoms with Crippen LogP contribution in [0, 0.1) is 0 Å². The van der Waals surface area contributed by atoms with Gasteiger partial charge in [-0.15, -0.1) is 0 Å². The predicted molar refractivity (Wildman–Crippen MR) is 52.2 cm³/mol. The Bertz CT molecular complexity index is 273. The molecule has 1 heterocycles. The summed E-state index contributed by atoms with van der Waals surface area (Å²) in [7, 11) is 0. The van der Waals surface area contributed by atoms with Gasteiger partial charge in [0.15, 0.2) is 0 Å². The van der Waals surface area contributed by atoms with Crippen molar-refractivity contribution in [2.24, 2.45) is 0 Å². The standard InChI is InChI=1S/C11H15NO/c1-9(8-13)12-6-10-4-2-3-5-11(10)7-12/h2-5,9,13H,6-8H2,1H3. The van der Waals surface area contributed by atoms with Crippen molar-refractivity contribution < 1.29 is 5.11 Å². The molecule has 1 N–H and O–H groups in total. The molecule has 0 aromatic heterocycles. The Kier molecular flexibility index (Phi) is 2.34. The van der Waals surface area contributed by atoms with Gasteiger partial charge in [0.2, 0.25) is 0 Å². The van der Waals surface area contributed by atoms with Gasteiger partial charge in [0.1, 0.15) is 0 Å². The molecular weight excluding hydrogens is 162 g/mol. The molecule has 0 spiro atoms. The monoisotopic (exact) mass is 177 g/mol. The zero-order valence-electron chi connectivity index (χ0n) is 7.90. The highest BCUT2D eigenvalue weighted by Crippen LogP contribution is 2.23. The van der Waals surface area contributed by atoms with Gasteiger partial charge in [-0.3, -0.25) is 4.90 Å². The second-order valence-corrected chi connectivity index (χ2v) is 3.71. The van der Waals surface area contributed by atoms with Gasteiger partial charge in [-0.2, -0.15) is 0 Å². The molecule has 70 valence electrons. The van der Waals surface area contributed by atoms with Crippen molar-refractivity contribution >= 4 is 0 Å². The first-order valence-electron chi connectivity index (χ1n) is 4.73. The lowest BCUT2D eigenvalue weighted by atomic mass is 10.1. The maximum Gasteiger partial charge on any atom is 0.0584 e. The molecule has 0 amide bonds. The van der Waals surface area contributed by atoms with Crippen LogP contribution in [-0.2, 0) is 13.1 Å². The molecule has 0 aliphatic carbocycles. The number of hydrogen-bond donors (Lipinski definition) is 1. The molecule has 2 heteroatoms. The fourth-order valence-electron chi connectivity index (χ4n) is 1.79. The molecule has 0 fully saturated rings. The molecule has 0 bridgehead atoms. The maximum atomic E-state index is 9.03. The Balaban J connectivity index is 2.14. The number of hydrogen-bond acceptors (Lipinski definition) is 2. The molecular formula is C11H15NO. The molecule has 0 saturated carbocycles. The Morgan fingerprint density at radius 1 is 1.31 bits per heavy atom. The largest absolute Gasteiger partial charge is 0.395 e. The van der Waals surface area contributed by atoms with Crippen LogP contribution in [0.5, 0.6) is 0 Å². The van der Waals surface area contributed by atoms with Crippen LogP contribution in [0.25, 0.3) is 0 Å². The highest BCUT2D eigenvalue weighted by molar-refractivity contribution is 5.30. The first-order valence-corrected chi connectivity index (χ1v) is 4.73. The fourth-order valence-corrected chi connectivity index (χ4v) is 1.79. The lowest BCUT2D eigenvalue weighted by Gasteiger charge is -2.21. The summed E-state index contributed by atoms with van der Waals surface area (Å²) in [6.07, 6.45) is 0. The number of rotatable bonds is 2. The Morgan fingerprint density at radius 3 is 2.31 bits per heavy atom. The van der Waals surface area contributed by atoms with Gasteiger partial charge >= 0.3 is 0 Å². The summed E-state index contributed by atoms with van der Waals surface area (Å²) >= 11 is 0. The van der Waals surface area contributed by atoms with E-state index in [0.717, 1.165) is 13.1 Å². The van der Waals surface area contributed by atoms with E-state index in [9.17, 15) is 0 Å². The van der Waals surface area contributed by atoms with E-state index in [1.165, 1.54) is 11.1 Å². The van der Waals surface area contributed by atoms with Crippen molar-refractivity contribution in [1.29, 1.82) is 0 Å². The van der Waals surface area contributed by atoms with E-state index >= 15 is 0 Å². The average Bonchev–Trinajstić information content (AvgIpc) is 2.59. The van der Waals surface area contributed by atoms with Crippen molar-refractivity contribution in [1.82, 2.24) is 4.90 Å². The van der Waals surface area contributed by atoms with E-state index < -0.39 is 0 Å². The molecule has 0 radical (unpaired) electrons. The molecule has 13 heavy (non-hydrogen) atoms. The molecule has 1 aromatic rings. The third-order valence-corrected chi connectivity index (χ3v) is 2.75. The molecule has 1 aromatic carbocycles. The van der Waals surface area contributed by atoms with E-state index in [2.05, 4.69) is 36.1 Å². The average molecular weight is 177 g/mol. The molecule has 1 atom stereocenters. The molecule has 0 saturated heterocycles. The maximum absolute atomic E-state index is 9.03. The Hall–Kier alpha value is -0.860. The van der Waals surface area contributed by atoms with Crippen molar-refractivity contribution in [2.45, 2.75) is 26.1 Å². The highest BCUT2D eigenvalue weighted by atomic mass is 16.3. The van der Waals surface area contributed by atoms with E-state index in [1.54, 1.807) is 0 Å². The zero-order chi connectivity index (χ0) is 9.26. The van der Waals surface area contributed by atoms with E-state index in [-0.39, 0.29) is 12.6 Å². The van der Waals surface area contributed by atoms with Gasteiger partial charge in [0.05, 0.1) is 6.61 Å². The topological polar surface area (TPSA) is 23.5 Å². The quantitative estimate of drug-likeness (QED) is 0.737. The number of nitrogens with zero attached hydrogens (tertiary/aromatic N) is 1. The second-order valence-electron chi connectivity index (χ2n) is 3.71. The van der Waals surface area contributed by atoms with Crippen molar-refractivity contribution in [3.8, 4) is 0 Å². The Labute approximate surface area is 78.8 Å². The smallest absolute Gasteiger partial charge is 0.0584 e. The number of aliphatic hydroxyl groups is 1. The van der Waals surface area contributed by atoms with Crippen molar-refractivity contribution in [3.63, 3.8) is 0 Å². The number of aliphatic hydroxyl groups excluding tert-OH is 1. The van der Waals surface area contributed by atoms with Gasteiger partial charge in [-0.1, -0.05) is 24.3 Å².